The van der Waals surface area contributed by atoms with E-state index in [0.29, 0.717) is 6.42 Å². The molecule has 2 N–H and O–H groups in total. The fraction of sp³-hybridized carbons (Fsp3) is 0.533. The van der Waals surface area contributed by atoms with Gasteiger partial charge in [-0.05, 0) is 51.9 Å². The van der Waals surface area contributed by atoms with E-state index in [2.05, 4.69) is 5.32 Å². The Morgan fingerprint density at radius 2 is 2.05 bits per heavy atom. The van der Waals surface area contributed by atoms with Crippen molar-refractivity contribution in [3.63, 3.8) is 0 Å². The summed E-state index contributed by atoms with van der Waals surface area (Å²) in [6.45, 7) is 7.80. The molecule has 0 fully saturated rings. The predicted octanol–water partition coefficient (Wildman–Crippen LogP) is 2.52. The summed E-state index contributed by atoms with van der Waals surface area (Å²) in [6, 6.07) is 5.41. The normalized spacial score (nSPS) is 13.1. The maximum absolute atomic E-state index is 11.1. The lowest BCUT2D eigenvalue weighted by Gasteiger charge is -2.30. The minimum Gasteiger partial charge on any atom is -0.488 e. The summed E-state index contributed by atoms with van der Waals surface area (Å²) >= 11 is 0. The van der Waals surface area contributed by atoms with Crippen LogP contribution >= 0.6 is 0 Å². The fourth-order valence-corrected chi connectivity index (χ4v) is 1.96. The van der Waals surface area contributed by atoms with Gasteiger partial charge in [0.25, 0.3) is 0 Å². The molecule has 0 aliphatic heterocycles. The van der Waals surface area contributed by atoms with E-state index in [9.17, 15) is 4.79 Å². The van der Waals surface area contributed by atoms with Gasteiger partial charge >= 0.3 is 5.97 Å². The molecule has 0 radical (unpaired) electrons. The molecule has 1 aromatic rings. The third-order valence-corrected chi connectivity index (χ3v) is 3.07. The number of carboxylic acid groups (broad SMARTS) is 1. The average molecular weight is 265 g/mol. The van der Waals surface area contributed by atoms with Crippen molar-refractivity contribution in [2.45, 2.75) is 45.8 Å². The lowest BCUT2D eigenvalue weighted by molar-refractivity contribution is -0.140. The molecule has 0 bridgehead atoms. The van der Waals surface area contributed by atoms with Crippen LogP contribution in [0.1, 0.15) is 31.4 Å². The topological polar surface area (TPSA) is 58.6 Å². The van der Waals surface area contributed by atoms with E-state index < -0.39 is 17.6 Å². The Kier molecular flexibility index (Phi) is 4.95. The SMILES string of the molecule is CNC(CC(C)(C)Oc1cc(C)ccc1C)C(=O)O. The third-order valence-electron chi connectivity index (χ3n) is 3.07. The number of rotatable bonds is 6. The highest BCUT2D eigenvalue weighted by atomic mass is 16.5. The second-order valence-corrected chi connectivity index (χ2v) is 5.51. The zero-order valence-electron chi connectivity index (χ0n) is 12.3. The number of carboxylic acids is 1. The Balaban J connectivity index is 2.83. The number of aryl methyl sites for hydroxylation is 2. The maximum atomic E-state index is 11.1. The summed E-state index contributed by atoms with van der Waals surface area (Å²) in [5.41, 5.74) is 1.62. The van der Waals surface area contributed by atoms with Crippen molar-refractivity contribution in [3.8, 4) is 5.75 Å². The molecule has 1 unspecified atom stereocenters. The summed E-state index contributed by atoms with van der Waals surface area (Å²) in [5, 5.41) is 11.9. The highest BCUT2D eigenvalue weighted by Gasteiger charge is 2.28. The molecule has 4 heteroatoms. The quantitative estimate of drug-likeness (QED) is 0.830. The number of nitrogens with one attached hydrogen (secondary N) is 1. The first-order valence-electron chi connectivity index (χ1n) is 6.41. The van der Waals surface area contributed by atoms with Crippen molar-refractivity contribution in [3.05, 3.63) is 29.3 Å². The average Bonchev–Trinajstić information content (AvgIpc) is 2.30. The molecule has 0 amide bonds. The van der Waals surface area contributed by atoms with Crippen molar-refractivity contribution >= 4 is 5.97 Å². The van der Waals surface area contributed by atoms with Crippen molar-refractivity contribution in [1.82, 2.24) is 5.32 Å². The third kappa shape index (κ3) is 4.56. The van der Waals surface area contributed by atoms with Crippen LogP contribution in [0.4, 0.5) is 0 Å². The fourth-order valence-electron chi connectivity index (χ4n) is 1.96. The van der Waals surface area contributed by atoms with E-state index in [1.165, 1.54) is 0 Å². The molecule has 1 aromatic carbocycles. The first-order valence-corrected chi connectivity index (χ1v) is 6.41. The molecule has 0 saturated heterocycles. The van der Waals surface area contributed by atoms with Crippen LogP contribution in [0, 0.1) is 13.8 Å². The van der Waals surface area contributed by atoms with Crippen LogP contribution in [0.25, 0.3) is 0 Å². The Labute approximate surface area is 114 Å². The van der Waals surface area contributed by atoms with Gasteiger partial charge in [0.15, 0.2) is 0 Å². The first kappa shape index (κ1) is 15.5. The van der Waals surface area contributed by atoms with Gasteiger partial charge < -0.3 is 15.2 Å². The van der Waals surface area contributed by atoms with E-state index in [1.54, 1.807) is 7.05 Å². The lowest BCUT2D eigenvalue weighted by Crippen LogP contribution is -2.43. The molecule has 0 aromatic heterocycles. The van der Waals surface area contributed by atoms with Gasteiger partial charge in [-0.2, -0.15) is 0 Å². The molecule has 1 atom stereocenters. The molecular formula is C15H23NO3. The van der Waals surface area contributed by atoms with Gasteiger partial charge in [0.1, 0.15) is 17.4 Å². The van der Waals surface area contributed by atoms with Crippen LogP contribution in [0.15, 0.2) is 18.2 Å². The number of likely N-dealkylation sites (N-methyl/N-ethyl adjacent to an activating group) is 1. The smallest absolute Gasteiger partial charge is 0.320 e. The minimum atomic E-state index is -0.861. The zero-order valence-corrected chi connectivity index (χ0v) is 12.3. The summed E-state index contributed by atoms with van der Waals surface area (Å²) in [6.07, 6.45) is 0.395. The second kappa shape index (κ2) is 6.06. The summed E-state index contributed by atoms with van der Waals surface area (Å²) in [4.78, 5) is 11.1. The Bertz CT molecular complexity index is 455. The molecule has 0 heterocycles. The molecular weight excluding hydrogens is 242 g/mol. The van der Waals surface area contributed by atoms with E-state index in [0.717, 1.165) is 16.9 Å². The Hall–Kier alpha value is -1.55. The highest BCUT2D eigenvalue weighted by molar-refractivity contribution is 5.73. The molecule has 19 heavy (non-hydrogen) atoms. The number of aliphatic carboxylic acids is 1. The first-order chi connectivity index (χ1) is 8.75. The lowest BCUT2D eigenvalue weighted by atomic mass is 9.98. The number of hydrogen-bond acceptors (Lipinski definition) is 3. The zero-order chi connectivity index (χ0) is 14.6. The molecule has 0 saturated carbocycles. The van der Waals surface area contributed by atoms with Crippen molar-refractivity contribution in [2.75, 3.05) is 7.05 Å². The van der Waals surface area contributed by atoms with E-state index in [1.807, 2.05) is 45.9 Å². The standard InChI is InChI=1S/C15H23NO3/c1-10-6-7-11(2)13(8-10)19-15(3,4)9-12(16-5)14(17)18/h6-8,12,16H,9H2,1-5H3,(H,17,18). The van der Waals surface area contributed by atoms with Crippen molar-refractivity contribution in [2.24, 2.45) is 0 Å². The number of hydrogen-bond donors (Lipinski definition) is 2. The van der Waals surface area contributed by atoms with Gasteiger partial charge in [-0.1, -0.05) is 12.1 Å². The molecule has 0 aliphatic carbocycles. The molecule has 1 rings (SSSR count). The van der Waals surface area contributed by atoms with Gasteiger partial charge in [-0.3, -0.25) is 4.79 Å². The van der Waals surface area contributed by atoms with Crippen LogP contribution in [-0.2, 0) is 4.79 Å². The highest BCUT2D eigenvalue weighted by Crippen LogP contribution is 2.26. The van der Waals surface area contributed by atoms with Gasteiger partial charge in [-0.15, -0.1) is 0 Å². The Morgan fingerprint density at radius 3 is 2.58 bits per heavy atom. The molecule has 106 valence electrons. The summed E-state index contributed by atoms with van der Waals surface area (Å²) in [5.74, 6) is -0.0506. The van der Waals surface area contributed by atoms with E-state index in [4.69, 9.17) is 9.84 Å². The van der Waals surface area contributed by atoms with Crippen LogP contribution in [0.2, 0.25) is 0 Å². The maximum Gasteiger partial charge on any atom is 0.320 e. The molecule has 0 spiro atoms. The molecule has 0 aliphatic rings. The second-order valence-electron chi connectivity index (χ2n) is 5.51. The predicted molar refractivity (Wildman–Crippen MR) is 75.7 cm³/mol. The van der Waals surface area contributed by atoms with Gasteiger partial charge in [0.05, 0.1) is 0 Å². The summed E-state index contributed by atoms with van der Waals surface area (Å²) < 4.78 is 5.99. The Morgan fingerprint density at radius 1 is 1.42 bits per heavy atom. The van der Waals surface area contributed by atoms with Gasteiger partial charge in [-0.25, -0.2) is 0 Å². The number of carbonyl (C=O) groups is 1. The van der Waals surface area contributed by atoms with Crippen LogP contribution < -0.4 is 10.1 Å². The number of benzene rings is 1. The monoisotopic (exact) mass is 265 g/mol. The van der Waals surface area contributed by atoms with E-state index >= 15 is 0 Å². The molecule has 4 nitrogen and oxygen atoms in total. The largest absolute Gasteiger partial charge is 0.488 e. The van der Waals surface area contributed by atoms with Crippen molar-refractivity contribution < 1.29 is 14.6 Å². The van der Waals surface area contributed by atoms with E-state index in [-0.39, 0.29) is 0 Å². The summed E-state index contributed by atoms with van der Waals surface area (Å²) in [7, 11) is 1.65. The van der Waals surface area contributed by atoms with Crippen LogP contribution in [-0.4, -0.2) is 29.8 Å². The van der Waals surface area contributed by atoms with Crippen LogP contribution in [0.3, 0.4) is 0 Å². The van der Waals surface area contributed by atoms with Gasteiger partial charge in [0, 0.05) is 6.42 Å². The van der Waals surface area contributed by atoms with Crippen LogP contribution in [0.5, 0.6) is 5.75 Å². The number of ether oxygens (including phenoxy) is 1. The minimum absolute atomic E-state index is 0.395. The van der Waals surface area contributed by atoms with Gasteiger partial charge in [0.2, 0.25) is 0 Å². The van der Waals surface area contributed by atoms with Crippen molar-refractivity contribution in [1.29, 1.82) is 0 Å².